The second kappa shape index (κ2) is 7.03. The van der Waals surface area contributed by atoms with E-state index in [-0.39, 0.29) is 23.8 Å². The van der Waals surface area contributed by atoms with Crippen LogP contribution in [-0.2, 0) is 4.79 Å². The summed E-state index contributed by atoms with van der Waals surface area (Å²) in [4.78, 5) is 28.4. The third-order valence-electron chi connectivity index (χ3n) is 5.18. The number of aromatic nitrogens is 3. The number of aromatic carboxylic acids is 1. The van der Waals surface area contributed by atoms with Gasteiger partial charge in [-0.2, -0.15) is 9.78 Å². The minimum atomic E-state index is -0.977. The Hall–Kier alpha value is -3.04. The molecule has 9 heteroatoms. The van der Waals surface area contributed by atoms with Crippen molar-refractivity contribution in [2.75, 3.05) is 5.32 Å². The molecule has 0 radical (unpaired) electrons. The van der Waals surface area contributed by atoms with E-state index in [2.05, 4.69) is 31.3 Å². The number of thiazole rings is 1. The molecule has 7 nitrogen and oxygen atoms in total. The van der Waals surface area contributed by atoms with Crippen LogP contribution in [0.5, 0.6) is 0 Å². The highest BCUT2D eigenvalue weighted by Crippen LogP contribution is 2.41. The number of aryl methyl sites for hydroxylation is 1. The quantitative estimate of drug-likeness (QED) is 0.440. The molecule has 2 aromatic heterocycles. The molecular formula is C21H15BrN4O3S. The maximum Gasteiger partial charge on any atom is 0.335 e. The SMILES string of the molecule is Cc1nn(-c2nc3ccc(Br)cc3s2)c2c1[C@H](c1ccc(C(=O)O)cc1)CC(=O)N2. The van der Waals surface area contributed by atoms with Crippen LogP contribution in [0.2, 0.25) is 0 Å². The molecule has 3 heterocycles. The van der Waals surface area contributed by atoms with Gasteiger partial charge in [0.1, 0.15) is 5.82 Å². The summed E-state index contributed by atoms with van der Waals surface area (Å²) in [5.74, 6) is -0.669. The minimum Gasteiger partial charge on any atom is -0.478 e. The summed E-state index contributed by atoms with van der Waals surface area (Å²) in [6.45, 7) is 1.91. The second-order valence-corrected chi connectivity index (χ2v) is 9.02. The molecule has 1 aliphatic rings. The first-order valence-electron chi connectivity index (χ1n) is 9.20. The topological polar surface area (TPSA) is 97.1 Å². The van der Waals surface area contributed by atoms with E-state index in [0.717, 1.165) is 31.5 Å². The van der Waals surface area contributed by atoms with E-state index in [4.69, 9.17) is 5.11 Å². The van der Waals surface area contributed by atoms with Crippen LogP contribution in [0.25, 0.3) is 15.3 Å². The fourth-order valence-corrected chi connectivity index (χ4v) is 5.28. The Morgan fingerprint density at radius 3 is 2.77 bits per heavy atom. The van der Waals surface area contributed by atoms with Gasteiger partial charge in [0.2, 0.25) is 11.0 Å². The molecule has 0 spiro atoms. The molecule has 0 bridgehead atoms. The highest BCUT2D eigenvalue weighted by molar-refractivity contribution is 9.10. The van der Waals surface area contributed by atoms with E-state index >= 15 is 0 Å². The molecule has 1 aliphatic heterocycles. The van der Waals surface area contributed by atoms with Crippen molar-refractivity contribution < 1.29 is 14.7 Å². The molecule has 0 unspecified atom stereocenters. The van der Waals surface area contributed by atoms with E-state index < -0.39 is 5.97 Å². The van der Waals surface area contributed by atoms with Crippen molar-refractivity contribution in [3.63, 3.8) is 0 Å². The summed E-state index contributed by atoms with van der Waals surface area (Å²) in [5, 5.41) is 17.5. The lowest BCUT2D eigenvalue weighted by molar-refractivity contribution is -0.116. The van der Waals surface area contributed by atoms with Crippen LogP contribution in [-0.4, -0.2) is 31.7 Å². The Labute approximate surface area is 183 Å². The van der Waals surface area contributed by atoms with Gasteiger partial charge in [0, 0.05) is 22.4 Å². The molecule has 0 aliphatic carbocycles. The first kappa shape index (κ1) is 19.0. The third kappa shape index (κ3) is 3.10. The van der Waals surface area contributed by atoms with E-state index in [9.17, 15) is 9.59 Å². The third-order valence-corrected chi connectivity index (χ3v) is 6.67. The van der Waals surface area contributed by atoms with Crippen molar-refractivity contribution in [3.05, 3.63) is 69.3 Å². The van der Waals surface area contributed by atoms with Crippen LogP contribution >= 0.6 is 27.3 Å². The Kier molecular flexibility index (Phi) is 4.44. The lowest BCUT2D eigenvalue weighted by Gasteiger charge is -2.24. The summed E-state index contributed by atoms with van der Waals surface area (Å²) < 4.78 is 3.69. The molecule has 4 aromatic rings. The maximum atomic E-state index is 12.5. The molecule has 1 amide bonds. The molecule has 2 aromatic carbocycles. The molecule has 0 saturated heterocycles. The predicted octanol–water partition coefficient (Wildman–Crippen LogP) is 4.73. The number of hydrogen-bond acceptors (Lipinski definition) is 5. The fraction of sp³-hybridized carbons (Fsp3) is 0.143. The van der Waals surface area contributed by atoms with Gasteiger partial charge in [-0.15, -0.1) is 0 Å². The number of amides is 1. The Bertz CT molecular complexity index is 1330. The molecule has 0 saturated carbocycles. The fourth-order valence-electron chi connectivity index (χ4n) is 3.81. The van der Waals surface area contributed by atoms with Crippen molar-refractivity contribution in [2.45, 2.75) is 19.3 Å². The average Bonchev–Trinajstić information content (AvgIpc) is 3.28. The van der Waals surface area contributed by atoms with E-state index in [1.807, 2.05) is 25.1 Å². The number of fused-ring (bicyclic) bond motifs is 2. The largest absolute Gasteiger partial charge is 0.478 e. The summed E-state index contributed by atoms with van der Waals surface area (Å²) in [7, 11) is 0. The van der Waals surface area contributed by atoms with E-state index in [1.54, 1.807) is 28.9 Å². The van der Waals surface area contributed by atoms with E-state index in [0.29, 0.717) is 10.9 Å². The van der Waals surface area contributed by atoms with Crippen LogP contribution in [0.3, 0.4) is 0 Å². The van der Waals surface area contributed by atoms with Gasteiger partial charge in [0.25, 0.3) is 0 Å². The normalized spacial score (nSPS) is 15.8. The van der Waals surface area contributed by atoms with Crippen molar-refractivity contribution in [1.82, 2.24) is 14.8 Å². The first-order chi connectivity index (χ1) is 14.4. The minimum absolute atomic E-state index is 0.111. The van der Waals surface area contributed by atoms with Gasteiger partial charge in [-0.1, -0.05) is 39.4 Å². The van der Waals surface area contributed by atoms with Crippen molar-refractivity contribution in [1.29, 1.82) is 0 Å². The van der Waals surface area contributed by atoms with Gasteiger partial charge in [-0.05, 0) is 42.8 Å². The van der Waals surface area contributed by atoms with Gasteiger partial charge in [0.15, 0.2) is 0 Å². The van der Waals surface area contributed by atoms with Crippen molar-refractivity contribution in [2.24, 2.45) is 0 Å². The number of nitrogens with zero attached hydrogens (tertiary/aromatic N) is 3. The van der Waals surface area contributed by atoms with Gasteiger partial charge in [-0.25, -0.2) is 9.78 Å². The highest BCUT2D eigenvalue weighted by Gasteiger charge is 2.33. The molecule has 150 valence electrons. The van der Waals surface area contributed by atoms with Crippen LogP contribution in [0.4, 0.5) is 5.82 Å². The number of nitrogens with one attached hydrogen (secondary N) is 1. The van der Waals surface area contributed by atoms with Crippen LogP contribution in [0.15, 0.2) is 46.9 Å². The number of carboxylic acid groups (broad SMARTS) is 1. The number of carbonyl (C=O) groups is 2. The molecule has 5 rings (SSSR count). The Balaban J connectivity index is 1.63. The standard InChI is InChI=1S/C21H15BrN4O3S/c1-10-18-14(11-2-4-12(5-3-11)20(28)29)9-17(27)24-19(18)26(25-10)21-23-15-7-6-13(22)8-16(15)30-21/h2-8,14H,9H2,1H3,(H,24,27)(H,28,29)/t14-/m0/s1. The lowest BCUT2D eigenvalue weighted by Crippen LogP contribution is -2.25. The summed E-state index contributed by atoms with van der Waals surface area (Å²) in [6, 6.07) is 12.5. The number of hydrogen-bond donors (Lipinski definition) is 2. The van der Waals surface area contributed by atoms with E-state index in [1.165, 1.54) is 11.3 Å². The number of anilines is 1. The summed E-state index contributed by atoms with van der Waals surface area (Å²) in [5.41, 5.74) is 3.69. The molecule has 2 N–H and O–H groups in total. The highest BCUT2D eigenvalue weighted by atomic mass is 79.9. The molecule has 30 heavy (non-hydrogen) atoms. The number of carboxylic acids is 1. The number of rotatable bonds is 3. The van der Waals surface area contributed by atoms with Crippen LogP contribution < -0.4 is 5.32 Å². The van der Waals surface area contributed by atoms with Crippen LogP contribution in [0.1, 0.15) is 39.5 Å². The summed E-state index contributed by atoms with van der Waals surface area (Å²) in [6.07, 6.45) is 0.277. The zero-order valence-electron chi connectivity index (χ0n) is 15.7. The van der Waals surface area contributed by atoms with Crippen molar-refractivity contribution >= 4 is 55.2 Å². The molecule has 0 fully saturated rings. The number of benzene rings is 2. The lowest BCUT2D eigenvalue weighted by atomic mass is 9.85. The smallest absolute Gasteiger partial charge is 0.335 e. The average molecular weight is 483 g/mol. The van der Waals surface area contributed by atoms with Gasteiger partial charge in [0.05, 0.1) is 21.5 Å². The van der Waals surface area contributed by atoms with Gasteiger partial charge in [-0.3, -0.25) is 4.79 Å². The van der Waals surface area contributed by atoms with Crippen LogP contribution in [0, 0.1) is 6.92 Å². The molecular weight excluding hydrogens is 468 g/mol. The Morgan fingerprint density at radius 1 is 1.27 bits per heavy atom. The molecule has 1 atom stereocenters. The monoisotopic (exact) mass is 482 g/mol. The Morgan fingerprint density at radius 2 is 2.03 bits per heavy atom. The van der Waals surface area contributed by atoms with Gasteiger partial charge < -0.3 is 10.4 Å². The zero-order chi connectivity index (χ0) is 21.0. The second-order valence-electron chi connectivity index (χ2n) is 7.10. The number of carbonyl (C=O) groups excluding carboxylic acids is 1. The number of halogens is 1. The zero-order valence-corrected chi connectivity index (χ0v) is 18.1. The van der Waals surface area contributed by atoms with Crippen molar-refractivity contribution in [3.8, 4) is 5.13 Å². The predicted molar refractivity (Wildman–Crippen MR) is 118 cm³/mol. The van der Waals surface area contributed by atoms with Gasteiger partial charge >= 0.3 is 5.97 Å². The maximum absolute atomic E-state index is 12.5. The summed E-state index contributed by atoms with van der Waals surface area (Å²) >= 11 is 4.98. The first-order valence-corrected chi connectivity index (χ1v) is 10.8.